The van der Waals surface area contributed by atoms with Crippen molar-refractivity contribution in [3.63, 3.8) is 0 Å². The number of thiophene rings is 2. The van der Waals surface area contributed by atoms with Gasteiger partial charge in [-0.05, 0) is 40.9 Å². The number of nitrogens with one attached hydrogen (secondary N) is 1. The third-order valence-electron chi connectivity index (χ3n) is 3.31. The average molecular weight is 299 g/mol. The molecule has 0 fully saturated rings. The molecular formula is C17H17NS2. The number of hydrogen-bond acceptors (Lipinski definition) is 3. The van der Waals surface area contributed by atoms with Crippen LogP contribution in [0.4, 0.5) is 0 Å². The molecule has 1 unspecified atom stereocenters. The Bertz CT molecular complexity index is 641. The third kappa shape index (κ3) is 3.18. The van der Waals surface area contributed by atoms with Crippen LogP contribution < -0.4 is 5.32 Å². The molecule has 2 heterocycles. The van der Waals surface area contributed by atoms with Gasteiger partial charge in [0.15, 0.2) is 0 Å². The maximum Gasteiger partial charge on any atom is 0.0389 e. The van der Waals surface area contributed by atoms with Crippen LogP contribution in [0.2, 0.25) is 0 Å². The van der Waals surface area contributed by atoms with Gasteiger partial charge in [-0.15, -0.1) is 22.7 Å². The van der Waals surface area contributed by atoms with Crippen molar-refractivity contribution in [1.29, 1.82) is 0 Å². The van der Waals surface area contributed by atoms with Crippen LogP contribution in [-0.2, 0) is 6.54 Å². The first-order valence-electron chi connectivity index (χ1n) is 6.72. The second-order valence-corrected chi connectivity index (χ2v) is 6.76. The number of hydrogen-bond donors (Lipinski definition) is 1. The molecule has 0 bridgehead atoms. The van der Waals surface area contributed by atoms with Crippen molar-refractivity contribution < 1.29 is 0 Å². The Labute approximate surface area is 127 Å². The highest BCUT2D eigenvalue weighted by Crippen LogP contribution is 2.26. The zero-order valence-electron chi connectivity index (χ0n) is 11.4. The molecule has 0 aliphatic heterocycles. The summed E-state index contributed by atoms with van der Waals surface area (Å²) in [5.74, 6) is 0. The second kappa shape index (κ2) is 6.35. The molecule has 20 heavy (non-hydrogen) atoms. The summed E-state index contributed by atoms with van der Waals surface area (Å²) >= 11 is 3.63. The van der Waals surface area contributed by atoms with E-state index >= 15 is 0 Å². The highest BCUT2D eigenvalue weighted by molar-refractivity contribution is 7.10. The van der Waals surface area contributed by atoms with E-state index in [1.54, 1.807) is 0 Å². The molecule has 1 atom stereocenters. The van der Waals surface area contributed by atoms with Crippen LogP contribution in [-0.4, -0.2) is 0 Å². The zero-order valence-corrected chi connectivity index (χ0v) is 13.0. The van der Waals surface area contributed by atoms with E-state index in [1.165, 1.54) is 20.9 Å². The van der Waals surface area contributed by atoms with E-state index in [0.29, 0.717) is 6.04 Å². The Kier molecular flexibility index (Phi) is 4.31. The maximum absolute atomic E-state index is 3.59. The van der Waals surface area contributed by atoms with E-state index in [9.17, 15) is 0 Å². The van der Waals surface area contributed by atoms with Gasteiger partial charge in [0.1, 0.15) is 0 Å². The lowest BCUT2D eigenvalue weighted by Crippen LogP contribution is -2.16. The van der Waals surface area contributed by atoms with Crippen LogP contribution >= 0.6 is 22.7 Å². The fourth-order valence-electron chi connectivity index (χ4n) is 2.15. The molecular weight excluding hydrogens is 282 g/mol. The highest BCUT2D eigenvalue weighted by atomic mass is 32.1. The monoisotopic (exact) mass is 299 g/mol. The fraction of sp³-hybridized carbons (Fsp3) is 0.176. The summed E-state index contributed by atoms with van der Waals surface area (Å²) in [6.45, 7) is 3.15. The smallest absolute Gasteiger partial charge is 0.0389 e. The predicted molar refractivity (Wildman–Crippen MR) is 89.3 cm³/mol. The minimum atomic E-state index is 0.414. The zero-order chi connectivity index (χ0) is 13.8. The van der Waals surface area contributed by atoms with Gasteiger partial charge >= 0.3 is 0 Å². The van der Waals surface area contributed by atoms with Crippen LogP contribution in [0.25, 0.3) is 11.1 Å². The van der Waals surface area contributed by atoms with Crippen molar-refractivity contribution >= 4 is 22.7 Å². The predicted octanol–water partition coefficient (Wildman–Crippen LogP) is 5.33. The normalized spacial score (nSPS) is 12.4. The van der Waals surface area contributed by atoms with Crippen LogP contribution in [0.1, 0.15) is 22.7 Å². The third-order valence-corrected chi connectivity index (χ3v) is 5.31. The Hall–Kier alpha value is -1.42. The van der Waals surface area contributed by atoms with Crippen molar-refractivity contribution in [3.8, 4) is 11.1 Å². The molecule has 0 aliphatic carbocycles. The lowest BCUT2D eigenvalue weighted by molar-refractivity contribution is 0.587. The molecule has 0 saturated heterocycles. The molecule has 3 rings (SSSR count). The van der Waals surface area contributed by atoms with Gasteiger partial charge in [-0.1, -0.05) is 36.4 Å². The molecule has 1 nitrogen and oxygen atoms in total. The summed E-state index contributed by atoms with van der Waals surface area (Å²) in [5.41, 5.74) is 2.61. The van der Waals surface area contributed by atoms with Crippen molar-refractivity contribution in [2.45, 2.75) is 19.5 Å². The quantitative estimate of drug-likeness (QED) is 0.671. The van der Waals surface area contributed by atoms with Gasteiger partial charge in [-0.2, -0.15) is 0 Å². The van der Waals surface area contributed by atoms with Crippen LogP contribution in [0, 0.1) is 0 Å². The maximum atomic E-state index is 3.59. The summed E-state index contributed by atoms with van der Waals surface area (Å²) in [6, 6.07) is 17.5. The molecule has 3 heteroatoms. The van der Waals surface area contributed by atoms with Crippen LogP contribution in [0.3, 0.4) is 0 Å². The van der Waals surface area contributed by atoms with E-state index in [2.05, 4.69) is 71.5 Å². The van der Waals surface area contributed by atoms with Crippen molar-refractivity contribution in [3.05, 3.63) is 69.0 Å². The second-order valence-electron chi connectivity index (χ2n) is 4.79. The molecule has 1 N–H and O–H groups in total. The lowest BCUT2D eigenvalue weighted by atomic mass is 10.1. The van der Waals surface area contributed by atoms with Crippen molar-refractivity contribution in [1.82, 2.24) is 5.32 Å². The fourth-order valence-corrected chi connectivity index (χ4v) is 3.75. The minimum Gasteiger partial charge on any atom is -0.305 e. The van der Waals surface area contributed by atoms with Gasteiger partial charge in [0.2, 0.25) is 0 Å². The van der Waals surface area contributed by atoms with Crippen LogP contribution in [0.5, 0.6) is 0 Å². The first-order valence-corrected chi connectivity index (χ1v) is 8.48. The van der Waals surface area contributed by atoms with Gasteiger partial charge in [0.05, 0.1) is 0 Å². The minimum absolute atomic E-state index is 0.414. The Morgan fingerprint density at radius 1 is 1.00 bits per heavy atom. The van der Waals surface area contributed by atoms with Crippen molar-refractivity contribution in [2.75, 3.05) is 0 Å². The lowest BCUT2D eigenvalue weighted by Gasteiger charge is -2.10. The molecule has 1 aromatic carbocycles. The Morgan fingerprint density at radius 2 is 1.85 bits per heavy atom. The van der Waals surface area contributed by atoms with Gasteiger partial charge in [-0.25, -0.2) is 0 Å². The number of benzene rings is 1. The molecule has 0 amide bonds. The summed E-state index contributed by atoms with van der Waals surface area (Å²) in [6.07, 6.45) is 0. The summed E-state index contributed by atoms with van der Waals surface area (Å²) < 4.78 is 0. The first-order chi connectivity index (χ1) is 9.83. The van der Waals surface area contributed by atoms with E-state index < -0.39 is 0 Å². The molecule has 0 saturated carbocycles. The molecule has 0 spiro atoms. The SMILES string of the molecule is CC(NCc1cc(-c2ccccc2)cs1)c1cccs1. The first kappa shape index (κ1) is 13.6. The van der Waals surface area contributed by atoms with E-state index in [-0.39, 0.29) is 0 Å². The summed E-state index contributed by atoms with van der Waals surface area (Å²) in [7, 11) is 0. The van der Waals surface area contributed by atoms with Gasteiger partial charge in [0, 0.05) is 22.3 Å². The average Bonchev–Trinajstić information content (AvgIpc) is 3.17. The molecule has 2 aromatic heterocycles. The Morgan fingerprint density at radius 3 is 2.60 bits per heavy atom. The van der Waals surface area contributed by atoms with Crippen LogP contribution in [0.15, 0.2) is 59.3 Å². The highest BCUT2D eigenvalue weighted by Gasteiger charge is 2.07. The van der Waals surface area contributed by atoms with Gasteiger partial charge < -0.3 is 5.32 Å². The Balaban J connectivity index is 1.63. The van der Waals surface area contributed by atoms with Crippen molar-refractivity contribution in [2.24, 2.45) is 0 Å². The molecule has 0 radical (unpaired) electrons. The molecule has 102 valence electrons. The number of rotatable bonds is 5. The topological polar surface area (TPSA) is 12.0 Å². The molecule has 0 aliphatic rings. The summed E-state index contributed by atoms with van der Waals surface area (Å²) in [5, 5.41) is 7.96. The van der Waals surface area contributed by atoms with E-state index in [0.717, 1.165) is 6.54 Å². The van der Waals surface area contributed by atoms with E-state index in [1.807, 2.05) is 22.7 Å². The van der Waals surface area contributed by atoms with Gasteiger partial charge in [-0.3, -0.25) is 0 Å². The van der Waals surface area contributed by atoms with E-state index in [4.69, 9.17) is 0 Å². The standard InChI is InChI=1S/C17H17NS2/c1-13(17-8-5-9-19-17)18-11-16-10-15(12-20-16)14-6-3-2-4-7-14/h2-10,12-13,18H,11H2,1H3. The van der Waals surface area contributed by atoms with Gasteiger partial charge in [0.25, 0.3) is 0 Å². The molecule has 3 aromatic rings. The summed E-state index contributed by atoms with van der Waals surface area (Å²) in [4.78, 5) is 2.78. The largest absolute Gasteiger partial charge is 0.305 e.